The fourth-order valence-electron chi connectivity index (χ4n) is 2.83. The van der Waals surface area contributed by atoms with E-state index in [1.807, 2.05) is 0 Å². The molecule has 3 heteroatoms. The van der Waals surface area contributed by atoms with Crippen molar-refractivity contribution < 1.29 is 4.74 Å². The third-order valence-corrected chi connectivity index (χ3v) is 3.57. The number of hydrogen-bond donors (Lipinski definition) is 1. The largest absolute Gasteiger partial charge is 0.484 e. The van der Waals surface area contributed by atoms with Gasteiger partial charge in [-0.3, -0.25) is 0 Å². The number of likely N-dealkylation sites (N-methyl/N-ethyl adjacent to an activating group) is 1. The molecule has 2 saturated heterocycles. The number of fused-ring (bicyclic) bond motifs is 1. The minimum absolute atomic E-state index is 0.0578. The summed E-state index contributed by atoms with van der Waals surface area (Å²) in [6, 6.07) is 0.587. The maximum absolute atomic E-state index is 6.14. The molecule has 82 valence electrons. The summed E-state index contributed by atoms with van der Waals surface area (Å²) in [5, 5.41) is 3.48. The van der Waals surface area contributed by atoms with E-state index in [9.17, 15) is 0 Å². The van der Waals surface area contributed by atoms with Crippen LogP contribution in [0.2, 0.25) is 0 Å². The molecule has 0 aromatic rings. The molecule has 2 fully saturated rings. The predicted octanol–water partition coefficient (Wildman–Crippen LogP) is 1.24. The summed E-state index contributed by atoms with van der Waals surface area (Å²) >= 11 is 0. The standard InChI is InChI=1S/C12H18N2O/c1-9-5-12(8-13-9)6-10-3-4-14(2)7-11(10)15-12/h3,7,9,13H,4-6,8H2,1-2H3/t9-,12-/m0/s1. The quantitative estimate of drug-likeness (QED) is 0.645. The summed E-state index contributed by atoms with van der Waals surface area (Å²) < 4.78 is 6.14. The monoisotopic (exact) mass is 206 g/mol. The van der Waals surface area contributed by atoms with Crippen LogP contribution in [0.5, 0.6) is 0 Å². The molecule has 3 nitrogen and oxygen atoms in total. The molecule has 0 unspecified atom stereocenters. The van der Waals surface area contributed by atoms with Crippen LogP contribution < -0.4 is 5.32 Å². The average molecular weight is 206 g/mol. The van der Waals surface area contributed by atoms with Gasteiger partial charge in [0.25, 0.3) is 0 Å². The van der Waals surface area contributed by atoms with E-state index in [2.05, 4.69) is 36.5 Å². The number of hydrogen-bond acceptors (Lipinski definition) is 3. The van der Waals surface area contributed by atoms with Gasteiger partial charge in [-0.15, -0.1) is 0 Å². The van der Waals surface area contributed by atoms with Crippen molar-refractivity contribution in [3.63, 3.8) is 0 Å². The maximum atomic E-state index is 6.14. The van der Waals surface area contributed by atoms with Gasteiger partial charge in [0.1, 0.15) is 11.4 Å². The van der Waals surface area contributed by atoms with Crippen LogP contribution in [-0.2, 0) is 4.74 Å². The highest BCUT2D eigenvalue weighted by Crippen LogP contribution is 2.43. The van der Waals surface area contributed by atoms with Gasteiger partial charge >= 0.3 is 0 Å². The zero-order valence-electron chi connectivity index (χ0n) is 9.42. The number of rotatable bonds is 0. The second-order valence-electron chi connectivity index (χ2n) is 5.11. The van der Waals surface area contributed by atoms with E-state index < -0.39 is 0 Å². The fourth-order valence-corrected chi connectivity index (χ4v) is 2.83. The lowest BCUT2D eigenvalue weighted by Gasteiger charge is -2.22. The lowest BCUT2D eigenvalue weighted by Crippen LogP contribution is -2.29. The van der Waals surface area contributed by atoms with Crippen molar-refractivity contribution >= 4 is 0 Å². The molecule has 0 bridgehead atoms. The van der Waals surface area contributed by atoms with Crippen LogP contribution in [0.3, 0.4) is 0 Å². The Bertz CT molecular complexity index is 348. The molecule has 0 saturated carbocycles. The van der Waals surface area contributed by atoms with Gasteiger partial charge in [-0.25, -0.2) is 0 Å². The molecule has 0 aliphatic carbocycles. The van der Waals surface area contributed by atoms with Gasteiger partial charge < -0.3 is 15.0 Å². The Morgan fingerprint density at radius 3 is 3.20 bits per heavy atom. The van der Waals surface area contributed by atoms with Gasteiger partial charge in [-0.05, 0) is 12.5 Å². The summed E-state index contributed by atoms with van der Waals surface area (Å²) in [5.41, 5.74) is 1.46. The van der Waals surface area contributed by atoms with Crippen molar-refractivity contribution in [2.24, 2.45) is 0 Å². The second-order valence-corrected chi connectivity index (χ2v) is 5.11. The van der Waals surface area contributed by atoms with Gasteiger partial charge in [0.2, 0.25) is 0 Å². The highest BCUT2D eigenvalue weighted by atomic mass is 16.5. The van der Waals surface area contributed by atoms with Crippen molar-refractivity contribution in [2.75, 3.05) is 20.1 Å². The first-order chi connectivity index (χ1) is 7.17. The number of allylic oxidation sites excluding steroid dienone is 1. The zero-order chi connectivity index (χ0) is 10.5. The molecule has 3 rings (SSSR count). The van der Waals surface area contributed by atoms with E-state index >= 15 is 0 Å². The molecular formula is C12H18N2O. The Morgan fingerprint density at radius 1 is 1.60 bits per heavy atom. The van der Waals surface area contributed by atoms with E-state index in [4.69, 9.17) is 4.74 Å². The van der Waals surface area contributed by atoms with E-state index in [-0.39, 0.29) is 5.60 Å². The van der Waals surface area contributed by atoms with E-state index in [1.54, 1.807) is 0 Å². The van der Waals surface area contributed by atoms with Gasteiger partial charge in [-0.1, -0.05) is 6.08 Å². The smallest absolute Gasteiger partial charge is 0.139 e. The number of nitrogens with zero attached hydrogens (tertiary/aromatic N) is 1. The normalized spacial score (nSPS) is 38.8. The molecule has 0 aromatic heterocycles. The number of ether oxygens (including phenoxy) is 1. The van der Waals surface area contributed by atoms with Crippen molar-refractivity contribution in [3.05, 3.63) is 23.6 Å². The molecule has 0 radical (unpaired) electrons. The first-order valence-electron chi connectivity index (χ1n) is 5.71. The number of nitrogens with one attached hydrogen (secondary N) is 1. The van der Waals surface area contributed by atoms with E-state index in [1.165, 1.54) is 5.57 Å². The Balaban J connectivity index is 1.86. The molecular weight excluding hydrogens is 188 g/mol. The Labute approximate surface area is 90.8 Å². The van der Waals surface area contributed by atoms with Crippen LogP contribution in [0.15, 0.2) is 23.6 Å². The predicted molar refractivity (Wildman–Crippen MR) is 59.3 cm³/mol. The molecule has 3 heterocycles. The first-order valence-corrected chi connectivity index (χ1v) is 5.71. The van der Waals surface area contributed by atoms with E-state index in [0.717, 1.165) is 31.7 Å². The van der Waals surface area contributed by atoms with Crippen LogP contribution in [-0.4, -0.2) is 36.7 Å². The lowest BCUT2D eigenvalue weighted by atomic mass is 9.94. The fraction of sp³-hybridized carbons (Fsp3) is 0.667. The summed E-state index contributed by atoms with van der Waals surface area (Å²) in [4.78, 5) is 2.17. The topological polar surface area (TPSA) is 24.5 Å². The van der Waals surface area contributed by atoms with Crippen LogP contribution in [0.1, 0.15) is 19.8 Å². The van der Waals surface area contributed by atoms with Crippen LogP contribution in [0.25, 0.3) is 0 Å². The van der Waals surface area contributed by atoms with Crippen LogP contribution in [0.4, 0.5) is 0 Å². The van der Waals surface area contributed by atoms with Gasteiger partial charge in [0, 0.05) is 45.2 Å². The molecule has 15 heavy (non-hydrogen) atoms. The molecule has 0 aromatic carbocycles. The Morgan fingerprint density at radius 2 is 2.47 bits per heavy atom. The SMILES string of the molecule is C[C@H]1C[C@@]2(CN1)CC1=CCN(C)C=C1O2. The van der Waals surface area contributed by atoms with E-state index in [0.29, 0.717) is 6.04 Å². The van der Waals surface area contributed by atoms with Crippen molar-refractivity contribution in [1.82, 2.24) is 10.2 Å². The first kappa shape index (κ1) is 9.28. The molecule has 0 amide bonds. The summed E-state index contributed by atoms with van der Waals surface area (Å²) in [6.07, 6.45) is 6.65. The van der Waals surface area contributed by atoms with Gasteiger partial charge in [0.15, 0.2) is 0 Å². The van der Waals surface area contributed by atoms with Crippen molar-refractivity contribution in [2.45, 2.75) is 31.4 Å². The van der Waals surface area contributed by atoms with Gasteiger partial charge in [-0.2, -0.15) is 0 Å². The third kappa shape index (κ3) is 1.46. The molecule has 3 aliphatic rings. The summed E-state index contributed by atoms with van der Waals surface area (Å²) in [7, 11) is 2.09. The summed E-state index contributed by atoms with van der Waals surface area (Å²) in [6.45, 7) is 4.24. The second kappa shape index (κ2) is 3.01. The average Bonchev–Trinajstić information content (AvgIpc) is 2.69. The highest BCUT2D eigenvalue weighted by molar-refractivity contribution is 5.36. The third-order valence-electron chi connectivity index (χ3n) is 3.57. The lowest BCUT2D eigenvalue weighted by molar-refractivity contribution is 0.0551. The van der Waals surface area contributed by atoms with Crippen LogP contribution >= 0.6 is 0 Å². The summed E-state index contributed by atoms with van der Waals surface area (Å²) in [5.74, 6) is 1.10. The minimum Gasteiger partial charge on any atom is -0.484 e. The highest BCUT2D eigenvalue weighted by Gasteiger charge is 2.46. The Hall–Kier alpha value is -0.960. The zero-order valence-corrected chi connectivity index (χ0v) is 9.42. The molecule has 1 spiro atoms. The maximum Gasteiger partial charge on any atom is 0.139 e. The van der Waals surface area contributed by atoms with Crippen molar-refractivity contribution in [3.8, 4) is 0 Å². The Kier molecular flexibility index (Phi) is 1.87. The minimum atomic E-state index is 0.0578. The molecule has 3 aliphatic heterocycles. The molecule has 1 N–H and O–H groups in total. The molecule has 2 atom stereocenters. The van der Waals surface area contributed by atoms with Crippen molar-refractivity contribution in [1.29, 1.82) is 0 Å². The van der Waals surface area contributed by atoms with Crippen LogP contribution in [0, 0.1) is 0 Å². The van der Waals surface area contributed by atoms with Gasteiger partial charge in [0.05, 0.1) is 0 Å².